The molecule has 0 heterocycles. The van der Waals surface area contributed by atoms with E-state index >= 15 is 0 Å². The third kappa shape index (κ3) is 1.73. The third-order valence-electron chi connectivity index (χ3n) is 3.68. The molecule has 0 spiro atoms. The molecule has 0 aromatic carbocycles. The lowest BCUT2D eigenvalue weighted by Gasteiger charge is -2.26. The fourth-order valence-electron chi connectivity index (χ4n) is 2.97. The Morgan fingerprint density at radius 2 is 1.83 bits per heavy atom. The summed E-state index contributed by atoms with van der Waals surface area (Å²) in [6, 6.07) is 0. The molecule has 0 amide bonds. The Bertz CT molecular complexity index is 172. The molecule has 12 heavy (non-hydrogen) atoms. The van der Waals surface area contributed by atoms with Crippen LogP contribution in [0.1, 0.15) is 51.9 Å². The molecule has 0 heteroatoms. The molecule has 0 nitrogen and oxygen atoms in total. The first-order valence-corrected chi connectivity index (χ1v) is 5.52. The minimum Gasteiger partial charge on any atom is -0.0856 e. The van der Waals surface area contributed by atoms with Gasteiger partial charge in [-0.25, -0.2) is 0 Å². The van der Waals surface area contributed by atoms with Crippen molar-refractivity contribution in [3.05, 3.63) is 11.6 Å². The first-order valence-electron chi connectivity index (χ1n) is 5.52. The molecule has 0 N–H and O–H groups in total. The van der Waals surface area contributed by atoms with Crippen molar-refractivity contribution in [3.63, 3.8) is 0 Å². The Morgan fingerprint density at radius 1 is 1.08 bits per heavy atom. The van der Waals surface area contributed by atoms with E-state index in [1.54, 1.807) is 5.57 Å². The molecule has 0 radical (unpaired) electrons. The number of rotatable bonds is 1. The van der Waals surface area contributed by atoms with Gasteiger partial charge in [0.05, 0.1) is 0 Å². The summed E-state index contributed by atoms with van der Waals surface area (Å²) in [5.74, 6) is 2.14. The van der Waals surface area contributed by atoms with Gasteiger partial charge in [0.1, 0.15) is 0 Å². The van der Waals surface area contributed by atoms with Crippen LogP contribution in [0.5, 0.6) is 0 Å². The summed E-state index contributed by atoms with van der Waals surface area (Å²) in [5, 5.41) is 0. The van der Waals surface area contributed by atoms with Gasteiger partial charge in [0.25, 0.3) is 0 Å². The topological polar surface area (TPSA) is 0 Å². The van der Waals surface area contributed by atoms with E-state index in [0.717, 1.165) is 11.8 Å². The standard InChI is InChI=1S/C12H20/c1-10-5-4-8-12(9-10)11-6-2-3-7-11/h5,11-12H,2-4,6-9H2,1H3. The average molecular weight is 164 g/mol. The van der Waals surface area contributed by atoms with E-state index in [1.165, 1.54) is 44.9 Å². The quantitative estimate of drug-likeness (QED) is 0.515. The lowest BCUT2D eigenvalue weighted by molar-refractivity contribution is 0.308. The summed E-state index contributed by atoms with van der Waals surface area (Å²) in [6.45, 7) is 2.31. The normalized spacial score (nSPS) is 32.1. The second-order valence-electron chi connectivity index (χ2n) is 4.64. The maximum Gasteiger partial charge on any atom is -0.0292 e. The number of hydrogen-bond donors (Lipinski definition) is 0. The van der Waals surface area contributed by atoms with Crippen LogP contribution >= 0.6 is 0 Å². The van der Waals surface area contributed by atoms with Gasteiger partial charge in [0.2, 0.25) is 0 Å². The van der Waals surface area contributed by atoms with Crippen molar-refractivity contribution >= 4 is 0 Å². The largest absolute Gasteiger partial charge is 0.0856 e. The Labute approximate surface area is 76.1 Å². The van der Waals surface area contributed by atoms with Crippen LogP contribution in [-0.4, -0.2) is 0 Å². The molecule has 0 aromatic rings. The highest BCUT2D eigenvalue weighted by Crippen LogP contribution is 2.38. The van der Waals surface area contributed by atoms with E-state index in [0.29, 0.717) is 0 Å². The molecule has 2 aliphatic rings. The Morgan fingerprint density at radius 3 is 2.50 bits per heavy atom. The predicted octanol–water partition coefficient (Wildman–Crippen LogP) is 3.92. The van der Waals surface area contributed by atoms with E-state index in [-0.39, 0.29) is 0 Å². The summed E-state index contributed by atoms with van der Waals surface area (Å²) in [5.41, 5.74) is 1.65. The van der Waals surface area contributed by atoms with Gasteiger partial charge in [-0.3, -0.25) is 0 Å². The van der Waals surface area contributed by atoms with Gasteiger partial charge in [-0.2, -0.15) is 0 Å². The highest BCUT2D eigenvalue weighted by molar-refractivity contribution is 5.04. The summed E-state index contributed by atoms with van der Waals surface area (Å²) < 4.78 is 0. The van der Waals surface area contributed by atoms with Crippen molar-refractivity contribution in [3.8, 4) is 0 Å². The van der Waals surface area contributed by atoms with Gasteiger partial charge < -0.3 is 0 Å². The summed E-state index contributed by atoms with van der Waals surface area (Å²) >= 11 is 0. The fourth-order valence-corrected chi connectivity index (χ4v) is 2.97. The van der Waals surface area contributed by atoms with Crippen LogP contribution in [0, 0.1) is 11.8 Å². The summed E-state index contributed by atoms with van der Waals surface area (Å²) in [7, 11) is 0. The molecule has 2 rings (SSSR count). The second kappa shape index (κ2) is 3.64. The lowest BCUT2D eigenvalue weighted by atomic mass is 9.79. The lowest BCUT2D eigenvalue weighted by Crippen LogP contribution is -2.14. The highest BCUT2D eigenvalue weighted by atomic mass is 14.3. The van der Waals surface area contributed by atoms with E-state index in [1.807, 2.05) is 0 Å². The van der Waals surface area contributed by atoms with Crippen molar-refractivity contribution in [2.75, 3.05) is 0 Å². The predicted molar refractivity (Wildman–Crippen MR) is 53.1 cm³/mol. The molecular formula is C12H20. The molecule has 0 aromatic heterocycles. The zero-order chi connectivity index (χ0) is 8.39. The van der Waals surface area contributed by atoms with E-state index in [2.05, 4.69) is 13.0 Å². The van der Waals surface area contributed by atoms with Gasteiger partial charge in [0.15, 0.2) is 0 Å². The van der Waals surface area contributed by atoms with Gasteiger partial charge in [-0.1, -0.05) is 37.3 Å². The Balaban J connectivity index is 1.91. The van der Waals surface area contributed by atoms with E-state index < -0.39 is 0 Å². The van der Waals surface area contributed by atoms with Crippen LogP contribution in [0.3, 0.4) is 0 Å². The third-order valence-corrected chi connectivity index (χ3v) is 3.68. The zero-order valence-electron chi connectivity index (χ0n) is 8.18. The highest BCUT2D eigenvalue weighted by Gasteiger charge is 2.25. The number of hydrogen-bond acceptors (Lipinski definition) is 0. The van der Waals surface area contributed by atoms with Gasteiger partial charge in [0, 0.05) is 0 Å². The maximum atomic E-state index is 2.44. The minimum atomic E-state index is 1.05. The molecule has 68 valence electrons. The van der Waals surface area contributed by atoms with Crippen molar-refractivity contribution < 1.29 is 0 Å². The SMILES string of the molecule is CC1=CCCC(C2CCCC2)C1. The molecule has 1 atom stereocenters. The maximum absolute atomic E-state index is 2.44. The summed E-state index contributed by atoms with van der Waals surface area (Å²) in [4.78, 5) is 0. The Hall–Kier alpha value is -0.260. The fraction of sp³-hybridized carbons (Fsp3) is 0.833. The van der Waals surface area contributed by atoms with Crippen molar-refractivity contribution in [1.29, 1.82) is 0 Å². The van der Waals surface area contributed by atoms with Crippen molar-refractivity contribution in [1.82, 2.24) is 0 Å². The van der Waals surface area contributed by atoms with Crippen molar-refractivity contribution in [2.45, 2.75) is 51.9 Å². The van der Waals surface area contributed by atoms with Crippen LogP contribution in [0.4, 0.5) is 0 Å². The molecule has 1 fully saturated rings. The molecule has 0 aliphatic heterocycles. The molecule has 1 unspecified atom stereocenters. The molecular weight excluding hydrogens is 144 g/mol. The molecule has 0 bridgehead atoms. The van der Waals surface area contributed by atoms with Crippen LogP contribution in [0.25, 0.3) is 0 Å². The van der Waals surface area contributed by atoms with E-state index in [9.17, 15) is 0 Å². The van der Waals surface area contributed by atoms with Crippen LogP contribution < -0.4 is 0 Å². The smallest absolute Gasteiger partial charge is 0.0292 e. The summed E-state index contributed by atoms with van der Waals surface area (Å²) in [6.07, 6.45) is 12.7. The van der Waals surface area contributed by atoms with Crippen LogP contribution in [0.15, 0.2) is 11.6 Å². The number of allylic oxidation sites excluding steroid dienone is 2. The first-order chi connectivity index (χ1) is 5.86. The molecule has 2 aliphatic carbocycles. The van der Waals surface area contributed by atoms with Crippen molar-refractivity contribution in [2.24, 2.45) is 11.8 Å². The minimum absolute atomic E-state index is 1.05. The zero-order valence-corrected chi connectivity index (χ0v) is 8.18. The average Bonchev–Trinajstić information content (AvgIpc) is 2.56. The van der Waals surface area contributed by atoms with E-state index in [4.69, 9.17) is 0 Å². The molecule has 0 saturated heterocycles. The molecule has 1 saturated carbocycles. The van der Waals surface area contributed by atoms with Crippen LogP contribution in [-0.2, 0) is 0 Å². The second-order valence-corrected chi connectivity index (χ2v) is 4.64. The Kier molecular flexibility index (Phi) is 2.53. The van der Waals surface area contributed by atoms with Crippen LogP contribution in [0.2, 0.25) is 0 Å². The van der Waals surface area contributed by atoms with Gasteiger partial charge in [-0.05, 0) is 38.0 Å². The first kappa shape index (κ1) is 8.34. The van der Waals surface area contributed by atoms with Gasteiger partial charge >= 0.3 is 0 Å². The van der Waals surface area contributed by atoms with Gasteiger partial charge in [-0.15, -0.1) is 0 Å². The monoisotopic (exact) mass is 164 g/mol.